The number of nitrogens with zero attached hydrogens (tertiary/aromatic N) is 2. The van der Waals surface area contributed by atoms with Crippen molar-refractivity contribution < 1.29 is 14.7 Å². The summed E-state index contributed by atoms with van der Waals surface area (Å²) in [4.78, 5) is 25.5. The number of halogens is 1. The van der Waals surface area contributed by atoms with E-state index in [1.807, 2.05) is 0 Å². The fourth-order valence-electron chi connectivity index (χ4n) is 1.80. The number of thiocarbonyl (C=S) groups is 1. The molecule has 7 heteroatoms. The summed E-state index contributed by atoms with van der Waals surface area (Å²) in [6, 6.07) is 6.75. The van der Waals surface area contributed by atoms with Crippen LogP contribution in [0.15, 0.2) is 24.3 Å². The fourth-order valence-corrected chi connectivity index (χ4v) is 2.29. The van der Waals surface area contributed by atoms with E-state index < -0.39 is 5.97 Å². The summed E-state index contributed by atoms with van der Waals surface area (Å²) < 4.78 is 0. The Morgan fingerprint density at radius 3 is 2.58 bits per heavy atom. The number of hydrogen-bond donors (Lipinski definition) is 1. The normalized spacial score (nSPS) is 15.2. The first-order chi connectivity index (χ1) is 8.99. The number of aliphatic carboxylic acids is 1. The summed E-state index contributed by atoms with van der Waals surface area (Å²) in [5.74, 6) is -1.09. The second-order valence-corrected chi connectivity index (χ2v) is 4.86. The Morgan fingerprint density at radius 1 is 1.37 bits per heavy atom. The smallest absolute Gasteiger partial charge is 0.305 e. The van der Waals surface area contributed by atoms with Gasteiger partial charge in [-0.1, -0.05) is 11.6 Å². The van der Waals surface area contributed by atoms with Gasteiger partial charge in [0.25, 0.3) is 5.91 Å². The van der Waals surface area contributed by atoms with Crippen LogP contribution >= 0.6 is 23.8 Å². The molecule has 0 bridgehead atoms. The van der Waals surface area contributed by atoms with Crippen LogP contribution in [0.2, 0.25) is 5.02 Å². The lowest BCUT2D eigenvalue weighted by Gasteiger charge is -2.19. The van der Waals surface area contributed by atoms with Crippen LogP contribution in [0.4, 0.5) is 5.69 Å². The van der Waals surface area contributed by atoms with Crippen molar-refractivity contribution in [3.63, 3.8) is 0 Å². The molecule has 0 atom stereocenters. The average molecular weight is 299 g/mol. The van der Waals surface area contributed by atoms with Crippen molar-refractivity contribution >= 4 is 46.5 Å². The highest BCUT2D eigenvalue weighted by Gasteiger charge is 2.33. The molecule has 19 heavy (non-hydrogen) atoms. The zero-order valence-corrected chi connectivity index (χ0v) is 11.4. The molecule has 0 aliphatic carbocycles. The maximum absolute atomic E-state index is 11.9. The Kier molecular flexibility index (Phi) is 4.01. The lowest BCUT2D eigenvalue weighted by Crippen LogP contribution is -2.33. The van der Waals surface area contributed by atoms with Crippen molar-refractivity contribution in [1.82, 2.24) is 4.90 Å². The molecule has 0 aromatic heterocycles. The van der Waals surface area contributed by atoms with Crippen molar-refractivity contribution in [2.24, 2.45) is 0 Å². The first-order valence-corrected chi connectivity index (χ1v) is 6.37. The number of amides is 1. The van der Waals surface area contributed by atoms with E-state index >= 15 is 0 Å². The minimum Gasteiger partial charge on any atom is -0.481 e. The third-order valence-electron chi connectivity index (χ3n) is 2.72. The van der Waals surface area contributed by atoms with Crippen molar-refractivity contribution in [3.8, 4) is 0 Å². The molecule has 1 saturated heterocycles. The molecule has 1 heterocycles. The van der Waals surface area contributed by atoms with Gasteiger partial charge in [0.1, 0.15) is 6.54 Å². The number of benzene rings is 1. The largest absolute Gasteiger partial charge is 0.481 e. The second kappa shape index (κ2) is 5.54. The highest BCUT2D eigenvalue weighted by molar-refractivity contribution is 7.80. The lowest BCUT2D eigenvalue weighted by atomic mass is 10.3. The van der Waals surface area contributed by atoms with Gasteiger partial charge in [-0.3, -0.25) is 14.5 Å². The summed E-state index contributed by atoms with van der Waals surface area (Å²) in [6.45, 7) is 0.332. The van der Waals surface area contributed by atoms with Gasteiger partial charge in [-0.15, -0.1) is 0 Å². The molecule has 0 saturated carbocycles. The molecule has 0 radical (unpaired) electrons. The van der Waals surface area contributed by atoms with E-state index in [1.165, 1.54) is 4.90 Å². The van der Waals surface area contributed by atoms with E-state index in [-0.39, 0.29) is 25.4 Å². The van der Waals surface area contributed by atoms with Crippen LogP contribution in [-0.4, -0.2) is 40.1 Å². The Hall–Kier alpha value is -1.66. The minimum atomic E-state index is -0.916. The van der Waals surface area contributed by atoms with E-state index in [9.17, 15) is 9.59 Å². The van der Waals surface area contributed by atoms with Gasteiger partial charge in [0.2, 0.25) is 0 Å². The predicted molar refractivity (Wildman–Crippen MR) is 75.4 cm³/mol. The summed E-state index contributed by atoms with van der Waals surface area (Å²) in [7, 11) is 0. The van der Waals surface area contributed by atoms with Gasteiger partial charge in [0.05, 0.1) is 12.1 Å². The summed E-state index contributed by atoms with van der Waals surface area (Å²) in [5.41, 5.74) is 0.636. The van der Waals surface area contributed by atoms with Crippen LogP contribution in [0.5, 0.6) is 0 Å². The lowest BCUT2D eigenvalue weighted by molar-refractivity contribution is -0.137. The highest BCUT2D eigenvalue weighted by atomic mass is 35.5. The number of anilines is 1. The molecule has 0 unspecified atom stereocenters. The van der Waals surface area contributed by atoms with E-state index in [1.54, 1.807) is 29.2 Å². The highest BCUT2D eigenvalue weighted by Crippen LogP contribution is 2.23. The minimum absolute atomic E-state index is 0.0537. The van der Waals surface area contributed by atoms with E-state index in [0.717, 1.165) is 0 Å². The van der Waals surface area contributed by atoms with Gasteiger partial charge in [0, 0.05) is 11.6 Å². The van der Waals surface area contributed by atoms with Gasteiger partial charge in [-0.05, 0) is 36.5 Å². The number of hydrogen-bond acceptors (Lipinski definition) is 3. The van der Waals surface area contributed by atoms with Crippen LogP contribution in [-0.2, 0) is 9.59 Å². The topological polar surface area (TPSA) is 60.9 Å². The third kappa shape index (κ3) is 3.02. The number of carboxylic acid groups (broad SMARTS) is 1. The standard InChI is InChI=1S/C12H11ClN2O3S/c13-8-1-3-9(4-2-8)15-10(16)7-14(12(15)19)6-5-11(17)18/h1-4H,5-7H2,(H,17,18). The number of carbonyl (C=O) groups is 2. The van der Waals surface area contributed by atoms with Gasteiger partial charge >= 0.3 is 5.97 Å². The van der Waals surface area contributed by atoms with Gasteiger partial charge < -0.3 is 10.0 Å². The molecule has 1 N–H and O–H groups in total. The van der Waals surface area contributed by atoms with Crippen molar-refractivity contribution in [1.29, 1.82) is 0 Å². The average Bonchev–Trinajstić information content (AvgIpc) is 2.63. The molecule has 1 aliphatic rings. The Bertz CT molecular complexity index is 532. The zero-order valence-electron chi connectivity index (χ0n) is 9.88. The van der Waals surface area contributed by atoms with Crippen LogP contribution in [0, 0.1) is 0 Å². The molecule has 1 aliphatic heterocycles. The summed E-state index contributed by atoms with van der Waals surface area (Å²) >= 11 is 11.0. The van der Waals surface area contributed by atoms with Crippen LogP contribution in [0.25, 0.3) is 0 Å². The molecule has 1 aromatic carbocycles. The number of carbonyl (C=O) groups excluding carboxylic acids is 1. The van der Waals surface area contributed by atoms with Crippen LogP contribution in [0.1, 0.15) is 6.42 Å². The molecule has 0 spiro atoms. The Balaban J connectivity index is 2.14. The Morgan fingerprint density at radius 2 is 2.00 bits per heavy atom. The zero-order chi connectivity index (χ0) is 14.0. The quantitative estimate of drug-likeness (QED) is 0.858. The Labute approximate surface area is 120 Å². The molecule has 1 aromatic rings. The predicted octanol–water partition coefficient (Wildman–Crippen LogP) is 1.75. The molecule has 2 rings (SSSR count). The fraction of sp³-hybridized carbons (Fsp3) is 0.250. The first kappa shape index (κ1) is 13.8. The second-order valence-electron chi connectivity index (χ2n) is 4.05. The molecule has 5 nitrogen and oxygen atoms in total. The van der Waals surface area contributed by atoms with Crippen molar-refractivity contribution in [2.75, 3.05) is 18.0 Å². The number of carboxylic acids is 1. The summed E-state index contributed by atoms with van der Waals surface area (Å²) in [5, 5.41) is 9.56. The first-order valence-electron chi connectivity index (χ1n) is 5.58. The van der Waals surface area contributed by atoms with E-state index in [0.29, 0.717) is 15.8 Å². The third-order valence-corrected chi connectivity index (χ3v) is 3.41. The molecule has 1 fully saturated rings. The molecular formula is C12H11ClN2O3S. The van der Waals surface area contributed by atoms with Crippen LogP contribution < -0.4 is 4.90 Å². The van der Waals surface area contributed by atoms with Gasteiger partial charge in [-0.25, -0.2) is 0 Å². The number of rotatable bonds is 4. The van der Waals surface area contributed by atoms with Crippen LogP contribution in [0.3, 0.4) is 0 Å². The van der Waals surface area contributed by atoms with Crippen molar-refractivity contribution in [3.05, 3.63) is 29.3 Å². The summed E-state index contributed by atoms with van der Waals surface area (Å²) in [6.07, 6.45) is -0.0537. The SMILES string of the molecule is O=C(O)CCN1CC(=O)N(c2ccc(Cl)cc2)C1=S. The molecule has 100 valence electrons. The van der Waals surface area contributed by atoms with E-state index in [4.69, 9.17) is 28.9 Å². The molecule has 1 amide bonds. The van der Waals surface area contributed by atoms with Gasteiger partial charge in [-0.2, -0.15) is 0 Å². The monoisotopic (exact) mass is 298 g/mol. The maximum atomic E-state index is 11.9. The maximum Gasteiger partial charge on any atom is 0.305 e. The van der Waals surface area contributed by atoms with Gasteiger partial charge in [0.15, 0.2) is 5.11 Å². The van der Waals surface area contributed by atoms with E-state index in [2.05, 4.69) is 0 Å². The molecular weight excluding hydrogens is 288 g/mol. The van der Waals surface area contributed by atoms with Crippen molar-refractivity contribution in [2.45, 2.75) is 6.42 Å².